The molecule has 2 rings (SSSR count). The summed E-state index contributed by atoms with van der Waals surface area (Å²) in [6, 6.07) is 0.478. The van der Waals surface area contributed by atoms with E-state index < -0.39 is 5.97 Å². The first kappa shape index (κ1) is 11.6. The van der Waals surface area contributed by atoms with Gasteiger partial charge in [0.15, 0.2) is 0 Å². The van der Waals surface area contributed by atoms with E-state index in [2.05, 4.69) is 10.6 Å². The molecule has 2 aliphatic heterocycles. The molecule has 2 amide bonds. The second-order valence-corrected chi connectivity index (χ2v) is 5.56. The van der Waals surface area contributed by atoms with Crippen LogP contribution in [0, 0.1) is 0 Å². The van der Waals surface area contributed by atoms with Gasteiger partial charge in [-0.15, -0.1) is 0 Å². The molecule has 4 N–H and O–H groups in total. The van der Waals surface area contributed by atoms with Gasteiger partial charge in [0.25, 0.3) is 0 Å². The predicted octanol–water partition coefficient (Wildman–Crippen LogP) is -0.0366. The Morgan fingerprint density at radius 2 is 2.25 bits per heavy atom. The van der Waals surface area contributed by atoms with E-state index in [1.54, 1.807) is 0 Å². The molecule has 5 nitrogen and oxygen atoms in total. The molecule has 0 radical (unpaired) electrons. The summed E-state index contributed by atoms with van der Waals surface area (Å²) in [4.78, 5) is 21.6. The van der Waals surface area contributed by atoms with E-state index in [-0.39, 0.29) is 18.1 Å². The quantitative estimate of drug-likeness (QED) is 0.405. The van der Waals surface area contributed by atoms with E-state index in [0.717, 1.165) is 25.0 Å². The zero-order chi connectivity index (χ0) is 11.5. The Labute approximate surface area is 98.4 Å². The van der Waals surface area contributed by atoms with E-state index >= 15 is 0 Å². The topological polar surface area (TPSA) is 81.1 Å². The fourth-order valence-electron chi connectivity index (χ4n) is 2.27. The first-order valence-electron chi connectivity index (χ1n) is 5.60. The molecule has 2 heterocycles. The van der Waals surface area contributed by atoms with Crippen molar-refractivity contribution in [2.45, 2.75) is 43.0 Å². The Morgan fingerprint density at radius 3 is 3.00 bits per heavy atom. The molecule has 2 fully saturated rings. The summed E-state index contributed by atoms with van der Waals surface area (Å²) in [5.41, 5.74) is 0. The molecule has 0 aromatic heterocycles. The highest BCUT2D eigenvalue weighted by Gasteiger charge is 2.42. The monoisotopic (exact) mass is 245 g/mol. The summed E-state index contributed by atoms with van der Waals surface area (Å²) in [6.45, 7) is 0. The van der Waals surface area contributed by atoms with Crippen LogP contribution >= 0.6 is 11.8 Å². The Kier molecular flexibility index (Phi) is 3.58. The molecule has 6 heteroatoms. The minimum atomic E-state index is -0.479. The maximum atomic E-state index is 11.1. The second kappa shape index (κ2) is 4.95. The summed E-state index contributed by atoms with van der Waals surface area (Å²) < 4.78 is 0. The fourth-order valence-corrected chi connectivity index (χ4v) is 3.82. The normalized spacial score (nSPS) is 32.0. The van der Waals surface area contributed by atoms with Crippen molar-refractivity contribution in [2.75, 3.05) is 5.75 Å². The van der Waals surface area contributed by atoms with E-state index in [4.69, 9.17) is 5.11 Å². The van der Waals surface area contributed by atoms with Crippen LogP contribution in [-0.2, 0) is 4.79 Å². The Balaban J connectivity index is 1.70. The van der Waals surface area contributed by atoms with Gasteiger partial charge in [0.2, 0.25) is 0 Å². The molecule has 0 saturated carbocycles. The molecular formula is C10H17N2O3S+. The highest BCUT2D eigenvalue weighted by atomic mass is 32.2. The van der Waals surface area contributed by atoms with Gasteiger partial charge in [0.1, 0.15) is 6.42 Å². The number of fused-ring (bicyclic) bond motifs is 1. The van der Waals surface area contributed by atoms with E-state index in [1.165, 1.54) is 0 Å². The van der Waals surface area contributed by atoms with Gasteiger partial charge in [-0.25, -0.2) is 4.79 Å². The Bertz CT molecular complexity index is 298. The molecule has 0 bridgehead atoms. The molecule has 3 atom stereocenters. The summed E-state index contributed by atoms with van der Waals surface area (Å²) in [7, 11) is 0. The van der Waals surface area contributed by atoms with Crippen LogP contribution in [0.4, 0.5) is 4.79 Å². The SMILES string of the molecule is O=C([OH2+])CCCCC1SCC2NC(=O)NC21. The molecular weight excluding hydrogens is 228 g/mol. The molecule has 0 aromatic carbocycles. The first-order valence-corrected chi connectivity index (χ1v) is 6.65. The maximum Gasteiger partial charge on any atom is 0.515 e. The lowest BCUT2D eigenvalue weighted by atomic mass is 10.0. The van der Waals surface area contributed by atoms with Gasteiger partial charge < -0.3 is 15.7 Å². The second-order valence-electron chi connectivity index (χ2n) is 4.29. The van der Waals surface area contributed by atoms with Crippen LogP contribution in [0.3, 0.4) is 0 Å². The number of carbonyl (C=O) groups excluding carboxylic acids is 2. The van der Waals surface area contributed by atoms with Gasteiger partial charge in [-0.1, -0.05) is 6.42 Å². The third kappa shape index (κ3) is 2.61. The van der Waals surface area contributed by atoms with Gasteiger partial charge in [-0.2, -0.15) is 11.8 Å². The summed E-state index contributed by atoms with van der Waals surface area (Å²) in [5.74, 6) is 0.499. The van der Waals surface area contributed by atoms with Gasteiger partial charge >= 0.3 is 12.0 Å². The molecule has 3 unspecified atom stereocenters. The number of amides is 2. The zero-order valence-electron chi connectivity index (χ0n) is 8.99. The van der Waals surface area contributed by atoms with Crippen LogP contribution in [0.5, 0.6) is 0 Å². The van der Waals surface area contributed by atoms with Crippen molar-refractivity contribution in [2.24, 2.45) is 0 Å². The van der Waals surface area contributed by atoms with E-state index in [9.17, 15) is 9.59 Å². The van der Waals surface area contributed by atoms with Crippen LogP contribution in [0.2, 0.25) is 0 Å². The van der Waals surface area contributed by atoms with Crippen molar-refractivity contribution in [1.29, 1.82) is 0 Å². The van der Waals surface area contributed by atoms with Gasteiger partial charge in [-0.05, 0) is 12.8 Å². The molecule has 0 aromatic rings. The highest BCUT2D eigenvalue weighted by Crippen LogP contribution is 2.33. The molecule has 0 spiro atoms. The fraction of sp³-hybridized carbons (Fsp3) is 0.800. The highest BCUT2D eigenvalue weighted by molar-refractivity contribution is 8.00. The third-order valence-electron chi connectivity index (χ3n) is 3.08. The smallest absolute Gasteiger partial charge is 0.515 e. The van der Waals surface area contributed by atoms with Crippen molar-refractivity contribution in [3.63, 3.8) is 0 Å². The third-order valence-corrected chi connectivity index (χ3v) is 4.59. The molecule has 0 aliphatic carbocycles. The molecule has 90 valence electrons. The lowest BCUT2D eigenvalue weighted by molar-refractivity contribution is -0.137. The lowest BCUT2D eigenvalue weighted by Crippen LogP contribution is -2.36. The van der Waals surface area contributed by atoms with E-state index in [0.29, 0.717) is 11.7 Å². The minimum Gasteiger partial charge on any atom is -0.565 e. The van der Waals surface area contributed by atoms with Crippen molar-refractivity contribution in [1.82, 2.24) is 10.6 Å². The van der Waals surface area contributed by atoms with Crippen LogP contribution in [0.15, 0.2) is 0 Å². The number of thioether (sulfide) groups is 1. The van der Waals surface area contributed by atoms with Gasteiger partial charge in [-0.3, -0.25) is 0 Å². The lowest BCUT2D eigenvalue weighted by Gasteiger charge is -2.15. The van der Waals surface area contributed by atoms with Crippen molar-refractivity contribution in [3.8, 4) is 0 Å². The molecule has 2 saturated heterocycles. The van der Waals surface area contributed by atoms with Crippen LogP contribution in [0.1, 0.15) is 25.7 Å². The zero-order valence-corrected chi connectivity index (χ0v) is 9.81. The van der Waals surface area contributed by atoms with Crippen LogP contribution in [0.25, 0.3) is 0 Å². The maximum absolute atomic E-state index is 11.1. The number of carbonyl (C=O) groups is 2. The number of hydrogen-bond acceptors (Lipinski definition) is 3. The molecule has 2 aliphatic rings. The number of urea groups is 1. The van der Waals surface area contributed by atoms with Crippen molar-refractivity contribution >= 4 is 23.8 Å². The minimum absolute atomic E-state index is 0.0540. The van der Waals surface area contributed by atoms with Crippen molar-refractivity contribution < 1.29 is 14.7 Å². The summed E-state index contributed by atoms with van der Waals surface area (Å²) in [6.07, 6.45) is 3.12. The van der Waals surface area contributed by atoms with Gasteiger partial charge in [0, 0.05) is 15.8 Å². The first-order chi connectivity index (χ1) is 7.66. The predicted molar refractivity (Wildman–Crippen MR) is 62.6 cm³/mol. The number of hydrogen-bond donors (Lipinski definition) is 2. The average Bonchev–Trinajstić information content (AvgIpc) is 2.72. The Morgan fingerprint density at radius 1 is 1.44 bits per heavy atom. The average molecular weight is 245 g/mol. The number of unbranched alkanes of at least 4 members (excludes halogenated alkanes) is 1. The van der Waals surface area contributed by atoms with Crippen LogP contribution < -0.4 is 10.6 Å². The largest absolute Gasteiger partial charge is 0.565 e. The van der Waals surface area contributed by atoms with E-state index in [1.807, 2.05) is 11.8 Å². The molecule has 16 heavy (non-hydrogen) atoms. The number of nitrogens with one attached hydrogen (secondary N) is 2. The Hall–Kier alpha value is -0.910. The van der Waals surface area contributed by atoms with Gasteiger partial charge in [0.05, 0.1) is 12.1 Å². The van der Waals surface area contributed by atoms with Crippen molar-refractivity contribution in [3.05, 3.63) is 0 Å². The number of rotatable bonds is 5. The standard InChI is InChI=1S/C10H16N2O3S/c13-8(14)4-2-1-3-7-9-6(5-16-7)11-10(15)12-9/h6-7,9H,1-5H2,(H,13,14)(H2,11,12,15)/p+1. The summed E-state index contributed by atoms with van der Waals surface area (Å²) >= 11 is 1.89. The van der Waals surface area contributed by atoms with Crippen LogP contribution in [-0.4, -0.2) is 40.2 Å². The summed E-state index contributed by atoms with van der Waals surface area (Å²) in [5, 5.41) is 13.1.